The number of hydrogen-bond acceptors (Lipinski definition) is 3. The van der Waals surface area contributed by atoms with E-state index in [2.05, 4.69) is 26.5 Å². The van der Waals surface area contributed by atoms with Crippen LogP contribution in [-0.2, 0) is 0 Å². The van der Waals surface area contributed by atoms with Crippen molar-refractivity contribution in [2.75, 3.05) is 33.0 Å². The number of hydrogen-bond donors (Lipinski definition) is 1. The molecule has 0 fully saturated rings. The van der Waals surface area contributed by atoms with Crippen LogP contribution in [0, 0.1) is 10.1 Å². The first-order chi connectivity index (χ1) is 7.39. The molecule has 1 aromatic rings. The van der Waals surface area contributed by atoms with E-state index in [1.54, 1.807) is 18.2 Å². The predicted octanol–water partition coefficient (Wildman–Crippen LogP) is 1.77. The molecule has 1 aromatic carbocycles. The first-order valence-corrected chi connectivity index (χ1v) is 5.23. The molecule has 5 heteroatoms. The van der Waals surface area contributed by atoms with Gasteiger partial charge in [-0.3, -0.25) is 10.1 Å². The van der Waals surface area contributed by atoms with Gasteiger partial charge in [-0.2, -0.15) is 0 Å². The molecule has 1 atom stereocenters. The van der Waals surface area contributed by atoms with Gasteiger partial charge < -0.3 is 9.80 Å². The molecule has 0 saturated carbocycles. The Morgan fingerprint density at radius 1 is 1.44 bits per heavy atom. The van der Waals surface area contributed by atoms with Crippen LogP contribution in [0.5, 0.6) is 0 Å². The molecule has 1 unspecified atom stereocenters. The van der Waals surface area contributed by atoms with Crippen LogP contribution in [0.25, 0.3) is 0 Å². The zero-order valence-corrected chi connectivity index (χ0v) is 9.73. The number of fused-ring (bicyclic) bond motifs is 1. The van der Waals surface area contributed by atoms with Gasteiger partial charge in [0.05, 0.1) is 32.6 Å². The van der Waals surface area contributed by atoms with Crippen molar-refractivity contribution in [1.82, 2.24) is 0 Å². The molecule has 1 aliphatic rings. The fourth-order valence-corrected chi connectivity index (χ4v) is 2.11. The Kier molecular flexibility index (Phi) is 2.35. The third kappa shape index (κ3) is 1.74. The first-order valence-electron chi connectivity index (χ1n) is 5.23. The minimum absolute atomic E-state index is 0.168. The summed E-state index contributed by atoms with van der Waals surface area (Å²) in [7, 11) is 6.29. The van der Waals surface area contributed by atoms with Gasteiger partial charge in [0.2, 0.25) is 0 Å². The topological polar surface area (TPSA) is 55.2 Å². The van der Waals surface area contributed by atoms with E-state index < -0.39 is 0 Å². The summed E-state index contributed by atoms with van der Waals surface area (Å²) in [5.41, 5.74) is 2.23. The monoisotopic (exact) mass is 222 g/mol. The summed E-state index contributed by atoms with van der Waals surface area (Å²) in [6.45, 7) is 0.833. The zero-order chi connectivity index (χ0) is 11.9. The van der Waals surface area contributed by atoms with Crippen molar-refractivity contribution in [2.45, 2.75) is 6.04 Å². The molecule has 5 nitrogen and oxygen atoms in total. The molecule has 0 amide bonds. The number of nitrogens with zero attached hydrogens (tertiary/aromatic N) is 2. The Morgan fingerprint density at radius 3 is 2.69 bits per heavy atom. The number of nitrogens with one attached hydrogen (secondary N) is 1. The van der Waals surface area contributed by atoms with Crippen molar-refractivity contribution in [3.8, 4) is 0 Å². The molecule has 0 aromatic heterocycles. The Bertz CT molecular complexity index is 437. The Balaban J connectivity index is 2.45. The summed E-state index contributed by atoms with van der Waals surface area (Å²) in [6, 6.07) is 5.30. The highest BCUT2D eigenvalue weighted by atomic mass is 16.6. The molecule has 1 aliphatic heterocycles. The maximum absolute atomic E-state index is 10.7. The van der Waals surface area contributed by atoms with Crippen LogP contribution < -0.4 is 5.32 Å². The molecular weight excluding hydrogens is 206 g/mol. The van der Waals surface area contributed by atoms with Crippen LogP contribution in [0.15, 0.2) is 18.2 Å². The lowest BCUT2D eigenvalue weighted by molar-refractivity contribution is -0.899. The van der Waals surface area contributed by atoms with Gasteiger partial charge >= 0.3 is 0 Å². The smallest absolute Gasteiger partial charge is 0.270 e. The molecule has 0 bridgehead atoms. The SMILES string of the molecule is C[N+](C)(C)C1CNc2ccc([N+](=O)[O-])cc21. The summed E-state index contributed by atoms with van der Waals surface area (Å²) in [4.78, 5) is 10.4. The third-order valence-corrected chi connectivity index (χ3v) is 3.03. The van der Waals surface area contributed by atoms with Crippen LogP contribution in [0.4, 0.5) is 11.4 Å². The largest absolute Gasteiger partial charge is 0.378 e. The molecule has 86 valence electrons. The summed E-state index contributed by atoms with van der Waals surface area (Å²) >= 11 is 0. The Hall–Kier alpha value is -1.62. The Morgan fingerprint density at radius 2 is 2.12 bits per heavy atom. The normalized spacial score (nSPS) is 19.1. The lowest BCUT2D eigenvalue weighted by Crippen LogP contribution is -2.39. The van der Waals surface area contributed by atoms with Gasteiger partial charge in [0.15, 0.2) is 0 Å². The van der Waals surface area contributed by atoms with Gasteiger partial charge in [0, 0.05) is 23.4 Å². The minimum atomic E-state index is -0.342. The third-order valence-electron chi connectivity index (χ3n) is 3.03. The van der Waals surface area contributed by atoms with E-state index in [1.807, 2.05) is 0 Å². The van der Waals surface area contributed by atoms with Crippen LogP contribution in [-0.4, -0.2) is 37.1 Å². The van der Waals surface area contributed by atoms with Crippen molar-refractivity contribution in [3.05, 3.63) is 33.9 Å². The molecule has 1 N–H and O–H groups in total. The number of likely N-dealkylation sites (N-methyl/N-ethyl adjacent to an activating group) is 1. The predicted molar refractivity (Wildman–Crippen MR) is 62.4 cm³/mol. The molecular formula is C11H16N3O2+. The van der Waals surface area contributed by atoms with E-state index in [0.717, 1.165) is 22.3 Å². The zero-order valence-electron chi connectivity index (χ0n) is 9.73. The number of benzene rings is 1. The summed E-state index contributed by atoms with van der Waals surface area (Å²) < 4.78 is 0.765. The van der Waals surface area contributed by atoms with E-state index in [4.69, 9.17) is 0 Å². The second kappa shape index (κ2) is 3.45. The molecule has 2 rings (SSSR count). The number of nitro benzene ring substituents is 1. The minimum Gasteiger partial charge on any atom is -0.378 e. The second-order valence-corrected chi connectivity index (χ2v) is 5.04. The highest BCUT2D eigenvalue weighted by Gasteiger charge is 2.33. The van der Waals surface area contributed by atoms with Crippen molar-refractivity contribution >= 4 is 11.4 Å². The standard InChI is InChI=1S/C11H16N3O2/c1-14(2,3)11-7-12-10-5-4-8(13(15)16)6-9(10)11/h4-6,11-12H,7H2,1-3H3/q+1. The van der Waals surface area contributed by atoms with Gasteiger partial charge in [-0.1, -0.05) is 0 Å². The highest BCUT2D eigenvalue weighted by Crippen LogP contribution is 2.37. The number of non-ortho nitro benzene ring substituents is 1. The maximum atomic E-state index is 10.7. The van der Waals surface area contributed by atoms with Gasteiger partial charge in [-0.05, 0) is 6.07 Å². The summed E-state index contributed by atoms with van der Waals surface area (Å²) in [6.07, 6.45) is 0. The average Bonchev–Trinajstić information content (AvgIpc) is 2.58. The molecule has 0 aliphatic carbocycles. The van der Waals surface area contributed by atoms with E-state index in [-0.39, 0.29) is 16.7 Å². The highest BCUT2D eigenvalue weighted by molar-refractivity contribution is 5.60. The number of nitro groups is 1. The van der Waals surface area contributed by atoms with E-state index in [0.29, 0.717) is 0 Å². The Labute approximate surface area is 94.4 Å². The van der Waals surface area contributed by atoms with E-state index in [9.17, 15) is 10.1 Å². The summed E-state index contributed by atoms with van der Waals surface area (Å²) in [5.74, 6) is 0. The lowest BCUT2D eigenvalue weighted by Gasteiger charge is -2.31. The van der Waals surface area contributed by atoms with Gasteiger partial charge in [0.25, 0.3) is 5.69 Å². The summed E-state index contributed by atoms with van der Waals surface area (Å²) in [5, 5.41) is 14.0. The molecule has 1 heterocycles. The maximum Gasteiger partial charge on any atom is 0.270 e. The van der Waals surface area contributed by atoms with E-state index >= 15 is 0 Å². The molecule has 16 heavy (non-hydrogen) atoms. The number of quaternary nitrogens is 1. The van der Waals surface area contributed by atoms with Gasteiger partial charge in [-0.25, -0.2) is 0 Å². The molecule has 0 spiro atoms. The first kappa shape index (κ1) is 10.9. The quantitative estimate of drug-likeness (QED) is 0.471. The average molecular weight is 222 g/mol. The van der Waals surface area contributed by atoms with Crippen molar-refractivity contribution in [3.63, 3.8) is 0 Å². The molecule has 0 radical (unpaired) electrons. The van der Waals surface area contributed by atoms with Crippen LogP contribution >= 0.6 is 0 Å². The van der Waals surface area contributed by atoms with Crippen LogP contribution in [0.2, 0.25) is 0 Å². The van der Waals surface area contributed by atoms with Gasteiger partial charge in [0.1, 0.15) is 6.04 Å². The van der Waals surface area contributed by atoms with Crippen molar-refractivity contribution in [2.24, 2.45) is 0 Å². The second-order valence-electron chi connectivity index (χ2n) is 5.04. The fraction of sp³-hybridized carbons (Fsp3) is 0.455. The number of anilines is 1. The fourth-order valence-electron chi connectivity index (χ4n) is 2.11. The van der Waals surface area contributed by atoms with Crippen molar-refractivity contribution in [1.29, 1.82) is 0 Å². The van der Waals surface area contributed by atoms with Crippen molar-refractivity contribution < 1.29 is 9.41 Å². The van der Waals surface area contributed by atoms with Crippen LogP contribution in [0.1, 0.15) is 11.6 Å². The lowest BCUT2D eigenvalue weighted by atomic mass is 10.1. The van der Waals surface area contributed by atoms with Gasteiger partial charge in [-0.15, -0.1) is 0 Å². The van der Waals surface area contributed by atoms with Crippen LogP contribution in [0.3, 0.4) is 0 Å². The molecule has 0 saturated heterocycles. The van der Waals surface area contributed by atoms with E-state index in [1.165, 1.54) is 0 Å². The number of rotatable bonds is 2.